The van der Waals surface area contributed by atoms with Crippen LogP contribution in [-0.2, 0) is 10.0 Å². The summed E-state index contributed by atoms with van der Waals surface area (Å²) in [5, 5.41) is 5.05. The molecule has 0 radical (unpaired) electrons. The zero-order valence-electron chi connectivity index (χ0n) is 11.5. The molecule has 2 N–H and O–H groups in total. The van der Waals surface area contributed by atoms with Gasteiger partial charge in [-0.3, -0.25) is 4.79 Å². The molecule has 106 valence electrons. The first-order chi connectivity index (χ1) is 8.77. The number of carbonyl (C=O) groups is 1. The molecule has 5 nitrogen and oxygen atoms in total. The van der Waals surface area contributed by atoms with Crippen molar-refractivity contribution in [3.63, 3.8) is 0 Å². The predicted octanol–water partition coefficient (Wildman–Crippen LogP) is 1.51. The smallest absolute Gasteiger partial charge is 0.253 e. The van der Waals surface area contributed by atoms with Gasteiger partial charge in [0.2, 0.25) is 10.0 Å². The molecule has 0 fully saturated rings. The van der Waals surface area contributed by atoms with Crippen molar-refractivity contribution in [3.05, 3.63) is 29.3 Å². The van der Waals surface area contributed by atoms with Crippen molar-refractivity contribution in [1.29, 1.82) is 0 Å². The van der Waals surface area contributed by atoms with Gasteiger partial charge in [0.15, 0.2) is 0 Å². The quantitative estimate of drug-likeness (QED) is 0.890. The van der Waals surface area contributed by atoms with E-state index >= 15 is 0 Å². The molecule has 0 spiro atoms. The number of primary sulfonamides is 1. The number of sulfonamides is 1. The van der Waals surface area contributed by atoms with Gasteiger partial charge >= 0.3 is 0 Å². The van der Waals surface area contributed by atoms with Crippen molar-refractivity contribution in [2.75, 3.05) is 13.6 Å². The van der Waals surface area contributed by atoms with Gasteiger partial charge < -0.3 is 4.90 Å². The van der Waals surface area contributed by atoms with Crippen LogP contribution in [0.15, 0.2) is 23.1 Å². The highest BCUT2D eigenvalue weighted by Gasteiger charge is 2.16. The van der Waals surface area contributed by atoms with Crippen LogP contribution in [0.2, 0.25) is 0 Å². The molecule has 19 heavy (non-hydrogen) atoms. The van der Waals surface area contributed by atoms with Crippen LogP contribution in [0.3, 0.4) is 0 Å². The average Bonchev–Trinajstić information content (AvgIpc) is 2.33. The summed E-state index contributed by atoms with van der Waals surface area (Å²) in [4.78, 5) is 13.8. The zero-order valence-corrected chi connectivity index (χ0v) is 12.3. The maximum absolute atomic E-state index is 12.2. The number of hydrogen-bond donors (Lipinski definition) is 1. The monoisotopic (exact) mass is 284 g/mol. The van der Waals surface area contributed by atoms with Crippen LogP contribution in [-0.4, -0.2) is 32.8 Å². The summed E-state index contributed by atoms with van der Waals surface area (Å²) in [5.41, 5.74) is 1.12. The van der Waals surface area contributed by atoms with Crippen LogP contribution in [0, 0.1) is 6.92 Å². The molecular weight excluding hydrogens is 264 g/mol. The van der Waals surface area contributed by atoms with E-state index in [2.05, 4.69) is 6.92 Å². The fourth-order valence-corrected chi connectivity index (χ4v) is 2.35. The lowest BCUT2D eigenvalue weighted by Crippen LogP contribution is -2.28. The summed E-state index contributed by atoms with van der Waals surface area (Å²) in [6.45, 7) is 4.45. The molecule has 0 saturated heterocycles. The standard InChI is InChI=1S/C13H20N2O3S/c1-4-5-8-15(3)13(16)12-7-6-11(9-10(12)2)19(14,17)18/h6-7,9H,4-5,8H2,1-3H3,(H2,14,17,18). The SMILES string of the molecule is CCCCN(C)C(=O)c1ccc(S(N)(=O)=O)cc1C. The van der Waals surface area contributed by atoms with E-state index in [1.54, 1.807) is 18.9 Å². The number of rotatable bonds is 5. The van der Waals surface area contributed by atoms with Gasteiger partial charge in [-0.25, -0.2) is 13.6 Å². The topological polar surface area (TPSA) is 80.5 Å². The Labute approximate surface area is 114 Å². The van der Waals surface area contributed by atoms with E-state index in [0.717, 1.165) is 12.8 Å². The molecule has 1 aromatic rings. The normalized spacial score (nSPS) is 11.4. The third-order valence-electron chi connectivity index (χ3n) is 2.95. The van der Waals surface area contributed by atoms with Crippen LogP contribution in [0.1, 0.15) is 35.7 Å². The molecule has 0 aromatic heterocycles. The minimum absolute atomic E-state index is 0.0257. The van der Waals surface area contributed by atoms with E-state index in [-0.39, 0.29) is 10.8 Å². The average molecular weight is 284 g/mol. The van der Waals surface area contributed by atoms with E-state index in [4.69, 9.17) is 5.14 Å². The minimum atomic E-state index is -3.73. The van der Waals surface area contributed by atoms with Crippen molar-refractivity contribution in [3.8, 4) is 0 Å². The lowest BCUT2D eigenvalue weighted by atomic mass is 10.1. The molecule has 0 atom stereocenters. The Bertz CT molecular complexity index is 567. The Hall–Kier alpha value is -1.40. The number of nitrogens with two attached hydrogens (primary N) is 1. The van der Waals surface area contributed by atoms with Gasteiger partial charge in [-0.2, -0.15) is 0 Å². The van der Waals surface area contributed by atoms with Crippen molar-refractivity contribution < 1.29 is 13.2 Å². The van der Waals surface area contributed by atoms with Gasteiger partial charge in [0.25, 0.3) is 5.91 Å². The van der Waals surface area contributed by atoms with E-state index < -0.39 is 10.0 Å². The Morgan fingerprint density at radius 1 is 1.37 bits per heavy atom. The first-order valence-corrected chi connectivity index (χ1v) is 7.71. The molecular formula is C13H20N2O3S. The van der Waals surface area contributed by atoms with Crippen molar-refractivity contribution >= 4 is 15.9 Å². The van der Waals surface area contributed by atoms with E-state index in [1.807, 2.05) is 0 Å². The van der Waals surface area contributed by atoms with Gasteiger partial charge in [0, 0.05) is 19.2 Å². The maximum Gasteiger partial charge on any atom is 0.253 e. The van der Waals surface area contributed by atoms with Gasteiger partial charge in [0.1, 0.15) is 0 Å². The molecule has 0 saturated carbocycles. The van der Waals surface area contributed by atoms with Crippen molar-refractivity contribution in [1.82, 2.24) is 4.90 Å². The number of hydrogen-bond acceptors (Lipinski definition) is 3. The van der Waals surface area contributed by atoms with Crippen LogP contribution >= 0.6 is 0 Å². The third-order valence-corrected chi connectivity index (χ3v) is 3.86. The number of aryl methyl sites for hydroxylation is 1. The number of nitrogens with zero attached hydrogens (tertiary/aromatic N) is 1. The van der Waals surface area contributed by atoms with Gasteiger partial charge in [-0.05, 0) is 37.1 Å². The molecule has 0 bridgehead atoms. The van der Waals surface area contributed by atoms with Crippen molar-refractivity contribution in [2.24, 2.45) is 5.14 Å². The van der Waals surface area contributed by atoms with Crippen LogP contribution in [0.25, 0.3) is 0 Å². The lowest BCUT2D eigenvalue weighted by molar-refractivity contribution is 0.0792. The predicted molar refractivity (Wildman–Crippen MR) is 74.4 cm³/mol. The molecule has 0 aliphatic heterocycles. The highest BCUT2D eigenvalue weighted by atomic mass is 32.2. The first kappa shape index (κ1) is 15.7. The number of carbonyl (C=O) groups excluding carboxylic acids is 1. The summed E-state index contributed by atoms with van der Waals surface area (Å²) in [5.74, 6) is -0.105. The van der Waals surface area contributed by atoms with E-state index in [0.29, 0.717) is 17.7 Å². The van der Waals surface area contributed by atoms with Gasteiger partial charge in [-0.1, -0.05) is 13.3 Å². The molecule has 1 amide bonds. The Kier molecular flexibility index (Phi) is 5.08. The van der Waals surface area contributed by atoms with E-state index in [9.17, 15) is 13.2 Å². The van der Waals surface area contributed by atoms with Crippen molar-refractivity contribution in [2.45, 2.75) is 31.6 Å². The summed E-state index contributed by atoms with van der Waals surface area (Å²) in [7, 11) is -1.99. The number of amides is 1. The molecule has 6 heteroatoms. The summed E-state index contributed by atoms with van der Waals surface area (Å²) < 4.78 is 22.4. The maximum atomic E-state index is 12.2. The highest BCUT2D eigenvalue weighted by molar-refractivity contribution is 7.89. The Morgan fingerprint density at radius 3 is 2.47 bits per heavy atom. The first-order valence-electron chi connectivity index (χ1n) is 6.16. The molecule has 0 heterocycles. The third kappa shape index (κ3) is 4.04. The zero-order chi connectivity index (χ0) is 14.6. The number of unbranched alkanes of at least 4 members (excludes halogenated alkanes) is 1. The molecule has 0 unspecified atom stereocenters. The summed E-state index contributed by atoms with van der Waals surface area (Å²) in [6, 6.07) is 4.30. The molecule has 1 rings (SSSR count). The largest absolute Gasteiger partial charge is 0.342 e. The second kappa shape index (κ2) is 6.16. The molecule has 0 aliphatic carbocycles. The fraction of sp³-hybridized carbons (Fsp3) is 0.462. The fourth-order valence-electron chi connectivity index (χ4n) is 1.76. The van der Waals surface area contributed by atoms with E-state index in [1.165, 1.54) is 18.2 Å². The minimum Gasteiger partial charge on any atom is -0.342 e. The van der Waals surface area contributed by atoms with Crippen LogP contribution in [0.4, 0.5) is 0 Å². The van der Waals surface area contributed by atoms with Crippen LogP contribution < -0.4 is 5.14 Å². The Morgan fingerprint density at radius 2 is 2.00 bits per heavy atom. The molecule has 0 aliphatic rings. The molecule has 1 aromatic carbocycles. The summed E-state index contributed by atoms with van der Waals surface area (Å²) >= 11 is 0. The van der Waals surface area contributed by atoms with Gasteiger partial charge in [-0.15, -0.1) is 0 Å². The highest BCUT2D eigenvalue weighted by Crippen LogP contribution is 2.16. The summed E-state index contributed by atoms with van der Waals surface area (Å²) in [6.07, 6.45) is 1.96. The van der Waals surface area contributed by atoms with Gasteiger partial charge in [0.05, 0.1) is 4.90 Å². The lowest BCUT2D eigenvalue weighted by Gasteiger charge is -2.18. The number of benzene rings is 1. The second-order valence-electron chi connectivity index (χ2n) is 4.60. The van der Waals surface area contributed by atoms with Crippen LogP contribution in [0.5, 0.6) is 0 Å². The Balaban J connectivity index is 3.00. The second-order valence-corrected chi connectivity index (χ2v) is 6.16.